The molecule has 4 aromatic rings. The van der Waals surface area contributed by atoms with Crippen LogP contribution in [0.2, 0.25) is 0 Å². The van der Waals surface area contributed by atoms with Gasteiger partial charge in [0.15, 0.2) is 5.96 Å². The topological polar surface area (TPSA) is 173 Å². The van der Waals surface area contributed by atoms with Gasteiger partial charge in [-0.2, -0.15) is 4.98 Å². The minimum absolute atomic E-state index is 0.0352. The molecular formula is C35H51FN8O2. The number of benzene rings is 2. The molecule has 0 aliphatic carbocycles. The van der Waals surface area contributed by atoms with E-state index in [4.69, 9.17) is 17.2 Å². The minimum atomic E-state index is -0.474. The van der Waals surface area contributed by atoms with Gasteiger partial charge in [0.2, 0.25) is 0 Å². The van der Waals surface area contributed by atoms with Gasteiger partial charge in [-0.3, -0.25) is 9.56 Å². The Morgan fingerprint density at radius 2 is 1.72 bits per heavy atom. The molecule has 46 heavy (non-hydrogen) atoms. The second kappa shape index (κ2) is 16.0. The van der Waals surface area contributed by atoms with Crippen LogP contribution in [-0.2, 0) is 23.8 Å². The highest BCUT2D eigenvalue weighted by molar-refractivity contribution is 5.76. The Kier molecular flexibility index (Phi) is 12.6. The van der Waals surface area contributed by atoms with Crippen LogP contribution in [0, 0.1) is 5.82 Å². The molecule has 10 nitrogen and oxygen atoms in total. The van der Waals surface area contributed by atoms with Crippen molar-refractivity contribution < 1.29 is 9.50 Å². The molecule has 2 heterocycles. The van der Waals surface area contributed by atoms with E-state index in [9.17, 15) is 14.3 Å². The molecule has 250 valence electrons. The molecule has 0 saturated heterocycles. The lowest BCUT2D eigenvalue weighted by atomic mass is 9.85. The van der Waals surface area contributed by atoms with E-state index in [1.54, 1.807) is 10.6 Å². The number of nitrogens with zero attached hydrogens (tertiary/aromatic N) is 3. The van der Waals surface area contributed by atoms with Gasteiger partial charge in [-0.25, -0.2) is 9.18 Å². The maximum atomic E-state index is 13.7. The lowest BCUT2D eigenvalue weighted by molar-refractivity contribution is 0.173. The number of H-pyrrole nitrogens is 1. The zero-order valence-electron chi connectivity index (χ0n) is 28.0. The van der Waals surface area contributed by atoms with E-state index in [2.05, 4.69) is 47.1 Å². The highest BCUT2D eigenvalue weighted by Crippen LogP contribution is 2.27. The average molecular weight is 635 g/mol. The molecule has 0 fully saturated rings. The third kappa shape index (κ3) is 10.8. The third-order valence-electron chi connectivity index (χ3n) is 7.54. The van der Waals surface area contributed by atoms with Crippen molar-refractivity contribution in [3.8, 4) is 5.69 Å². The fourth-order valence-electron chi connectivity index (χ4n) is 4.76. The smallest absolute Gasteiger partial charge is 0.354 e. The molecule has 2 aromatic heterocycles. The molecular weight excluding hydrogens is 583 g/mol. The Morgan fingerprint density at radius 1 is 1.04 bits per heavy atom. The first-order valence-corrected chi connectivity index (χ1v) is 15.7. The van der Waals surface area contributed by atoms with Crippen LogP contribution in [0.5, 0.6) is 0 Å². The second-order valence-electron chi connectivity index (χ2n) is 13.6. The van der Waals surface area contributed by atoms with Crippen molar-refractivity contribution in [2.45, 2.75) is 84.3 Å². The minimum Gasteiger partial charge on any atom is -0.392 e. The van der Waals surface area contributed by atoms with Crippen LogP contribution < -0.4 is 28.2 Å². The number of halogens is 1. The number of hydrogen-bond acceptors (Lipinski definition) is 6. The molecule has 0 bridgehead atoms. The predicted molar refractivity (Wildman–Crippen MR) is 186 cm³/mol. The quantitative estimate of drug-likeness (QED) is 0.0817. The van der Waals surface area contributed by atoms with Gasteiger partial charge in [0.05, 0.1) is 11.8 Å². The molecule has 9 N–H and O–H groups in total. The van der Waals surface area contributed by atoms with E-state index in [1.807, 2.05) is 57.3 Å². The van der Waals surface area contributed by atoms with Gasteiger partial charge in [0.25, 0.3) is 0 Å². The molecule has 1 atom stereocenters. The number of aromatic nitrogens is 3. The standard InChI is InChI=1S/C21H29N7O.C14H22FNO/c1-21(2,3)17-11-15-13-28(20(29)27-18(15)26-17)16-7-5-14(6-8-16)12-24-9-4-10-25-19(22)23;1-14(2,3)12-8-10(5-7-13(12)15)4-6-11(17)9-16/h5-8,11,13,24H,4,9-10,12H2,1-3H3,(H4,22,23,25)(H,26,27,29);5,7-8,11,17H,4,6,9,16H2,1-3H3. The summed E-state index contributed by atoms with van der Waals surface area (Å²) >= 11 is 0. The first-order chi connectivity index (χ1) is 21.6. The lowest BCUT2D eigenvalue weighted by Gasteiger charge is -2.21. The largest absolute Gasteiger partial charge is 0.392 e. The molecule has 11 heteroatoms. The number of nitrogens with one attached hydrogen (secondary N) is 2. The zero-order valence-corrected chi connectivity index (χ0v) is 28.0. The Labute approximate surface area is 271 Å². The molecule has 0 saturated carbocycles. The zero-order chi connectivity index (χ0) is 34.1. The van der Waals surface area contributed by atoms with E-state index in [0.29, 0.717) is 18.6 Å². The second-order valence-corrected chi connectivity index (χ2v) is 13.6. The number of aliphatic hydroxyl groups is 1. The van der Waals surface area contributed by atoms with Gasteiger partial charge >= 0.3 is 5.69 Å². The van der Waals surface area contributed by atoms with Crippen LogP contribution in [0.4, 0.5) is 4.39 Å². The third-order valence-corrected chi connectivity index (χ3v) is 7.54. The highest BCUT2D eigenvalue weighted by atomic mass is 19.1. The number of aryl methyl sites for hydroxylation is 1. The number of aliphatic imine (C=N–C) groups is 1. The fraction of sp³-hybridized carbons (Fsp3) is 0.457. The van der Waals surface area contributed by atoms with E-state index in [1.165, 1.54) is 6.07 Å². The van der Waals surface area contributed by atoms with Gasteiger partial charge in [-0.05, 0) is 72.2 Å². The fourth-order valence-corrected chi connectivity index (χ4v) is 4.76. The van der Waals surface area contributed by atoms with Gasteiger partial charge in [0.1, 0.15) is 11.5 Å². The Hall–Kier alpha value is -4.06. The summed E-state index contributed by atoms with van der Waals surface area (Å²) in [6, 6.07) is 15.1. The predicted octanol–water partition coefficient (Wildman–Crippen LogP) is 4.14. The Morgan fingerprint density at radius 3 is 2.33 bits per heavy atom. The van der Waals surface area contributed by atoms with E-state index >= 15 is 0 Å². The number of fused-ring (bicyclic) bond motifs is 1. The average Bonchev–Trinajstić information content (AvgIpc) is 3.41. The van der Waals surface area contributed by atoms with Gasteiger partial charge in [-0.15, -0.1) is 0 Å². The van der Waals surface area contributed by atoms with Crippen molar-refractivity contribution in [1.82, 2.24) is 19.9 Å². The van der Waals surface area contributed by atoms with Gasteiger partial charge < -0.3 is 32.6 Å². The van der Waals surface area contributed by atoms with E-state index < -0.39 is 6.10 Å². The van der Waals surface area contributed by atoms with Gasteiger partial charge in [0, 0.05) is 42.3 Å². The number of guanidine groups is 1. The summed E-state index contributed by atoms with van der Waals surface area (Å²) < 4.78 is 15.2. The molecule has 2 aromatic carbocycles. The van der Waals surface area contributed by atoms with E-state index in [0.717, 1.165) is 59.4 Å². The molecule has 0 aliphatic rings. The molecule has 0 radical (unpaired) electrons. The summed E-state index contributed by atoms with van der Waals surface area (Å²) in [4.78, 5) is 23.9. The maximum Gasteiger partial charge on any atom is 0.354 e. The van der Waals surface area contributed by atoms with E-state index in [-0.39, 0.29) is 34.8 Å². The Bertz CT molecular complexity index is 1640. The summed E-state index contributed by atoms with van der Waals surface area (Å²) in [6.45, 7) is 14.8. The summed E-state index contributed by atoms with van der Waals surface area (Å²) in [5, 5.41) is 13.7. The number of aliphatic hydroxyl groups excluding tert-OH is 1. The van der Waals surface area contributed by atoms with Crippen molar-refractivity contribution in [2.24, 2.45) is 22.2 Å². The van der Waals surface area contributed by atoms with Crippen molar-refractivity contribution >= 4 is 17.0 Å². The normalized spacial score (nSPS) is 12.5. The number of aromatic amines is 1. The lowest BCUT2D eigenvalue weighted by Crippen LogP contribution is -2.23. The van der Waals surface area contributed by atoms with Crippen molar-refractivity contribution in [3.63, 3.8) is 0 Å². The monoisotopic (exact) mass is 634 g/mol. The molecule has 0 amide bonds. The molecule has 4 rings (SSSR count). The van der Waals surface area contributed by atoms with Gasteiger partial charge in [-0.1, -0.05) is 65.8 Å². The molecule has 0 aliphatic heterocycles. The number of hydrogen-bond donors (Lipinski definition) is 6. The first kappa shape index (κ1) is 36.4. The van der Waals surface area contributed by atoms with Crippen LogP contribution >= 0.6 is 0 Å². The summed E-state index contributed by atoms with van der Waals surface area (Å²) in [6.07, 6.45) is 3.57. The van der Waals surface area contributed by atoms with Crippen LogP contribution in [0.3, 0.4) is 0 Å². The number of nitrogens with two attached hydrogens (primary N) is 3. The van der Waals surface area contributed by atoms with Crippen LogP contribution in [0.25, 0.3) is 16.7 Å². The first-order valence-electron chi connectivity index (χ1n) is 15.7. The molecule has 0 spiro atoms. The maximum absolute atomic E-state index is 13.7. The highest BCUT2D eigenvalue weighted by Gasteiger charge is 2.19. The summed E-state index contributed by atoms with van der Waals surface area (Å²) in [7, 11) is 0. The van der Waals surface area contributed by atoms with Crippen molar-refractivity contribution in [3.05, 3.63) is 93.4 Å². The van der Waals surface area contributed by atoms with Crippen LogP contribution in [0.1, 0.15) is 76.8 Å². The van der Waals surface area contributed by atoms with Crippen LogP contribution in [0.15, 0.2) is 64.5 Å². The van der Waals surface area contributed by atoms with Crippen molar-refractivity contribution in [1.29, 1.82) is 0 Å². The number of rotatable bonds is 11. The van der Waals surface area contributed by atoms with Crippen LogP contribution in [-0.4, -0.2) is 51.3 Å². The summed E-state index contributed by atoms with van der Waals surface area (Å²) in [5.41, 5.74) is 20.8. The Balaban J connectivity index is 0.000000289. The SMILES string of the molecule is CC(C)(C)c1cc(CCC(O)CN)ccc1F.CC(C)(C)c1cc2cn(-c3ccc(CNCCCN=C(N)N)cc3)c(=O)nc2[nH]1. The summed E-state index contributed by atoms with van der Waals surface area (Å²) in [5.74, 6) is -0.0431. The van der Waals surface area contributed by atoms with Crippen molar-refractivity contribution in [2.75, 3.05) is 19.6 Å². The molecule has 1 unspecified atom stereocenters.